The number of hydrogen-bond acceptors (Lipinski definition) is 5. The lowest BCUT2D eigenvalue weighted by atomic mass is 10.2. The highest BCUT2D eigenvalue weighted by molar-refractivity contribution is 5.58. The van der Waals surface area contributed by atoms with Gasteiger partial charge in [0.25, 0.3) is 0 Å². The number of anilines is 2. The summed E-state index contributed by atoms with van der Waals surface area (Å²) in [6, 6.07) is 0. The molecular formula is C14H24N4O. The first-order valence-electron chi connectivity index (χ1n) is 7.06. The molecule has 0 bridgehead atoms. The lowest BCUT2D eigenvalue weighted by Crippen LogP contribution is -2.25. The largest absolute Gasteiger partial charge is 0.379 e. The highest BCUT2D eigenvalue weighted by atomic mass is 16.5. The molecule has 106 valence electrons. The van der Waals surface area contributed by atoms with E-state index in [1.54, 1.807) is 6.33 Å². The normalized spacial score (nSPS) is 14.5. The van der Waals surface area contributed by atoms with Crippen molar-refractivity contribution in [1.82, 2.24) is 9.97 Å². The van der Waals surface area contributed by atoms with Gasteiger partial charge in [-0.15, -0.1) is 0 Å². The Kier molecular flexibility index (Phi) is 4.96. The van der Waals surface area contributed by atoms with Crippen LogP contribution >= 0.6 is 0 Å². The Labute approximate surface area is 115 Å². The molecule has 0 atom stereocenters. The molecule has 0 spiro atoms. The molecule has 1 saturated carbocycles. The predicted octanol–water partition coefficient (Wildman–Crippen LogP) is 1.94. The van der Waals surface area contributed by atoms with Crippen molar-refractivity contribution in [1.29, 1.82) is 0 Å². The Bertz CT molecular complexity index is 406. The molecule has 19 heavy (non-hydrogen) atoms. The van der Waals surface area contributed by atoms with Crippen LogP contribution in [0.15, 0.2) is 6.33 Å². The van der Waals surface area contributed by atoms with E-state index < -0.39 is 0 Å². The summed E-state index contributed by atoms with van der Waals surface area (Å²) in [7, 11) is 3.95. The van der Waals surface area contributed by atoms with E-state index in [9.17, 15) is 0 Å². The standard InChI is InChI=1S/C14H24N4O/c1-4-12-13(15-2)16-10-17-14(12)18(3)7-8-19-9-11-5-6-11/h10-11H,4-9H2,1-3H3,(H,15,16,17). The summed E-state index contributed by atoms with van der Waals surface area (Å²) in [4.78, 5) is 10.8. The molecule has 1 N–H and O–H groups in total. The van der Waals surface area contributed by atoms with Gasteiger partial charge in [-0.2, -0.15) is 0 Å². The maximum absolute atomic E-state index is 5.68. The van der Waals surface area contributed by atoms with Crippen LogP contribution in [-0.2, 0) is 11.2 Å². The molecule has 1 aliphatic carbocycles. The van der Waals surface area contributed by atoms with Crippen LogP contribution in [0.3, 0.4) is 0 Å². The second kappa shape index (κ2) is 6.70. The van der Waals surface area contributed by atoms with Crippen LogP contribution in [-0.4, -0.2) is 43.8 Å². The number of hydrogen-bond donors (Lipinski definition) is 1. The molecule has 1 aromatic heterocycles. The molecule has 0 radical (unpaired) electrons. The Morgan fingerprint density at radius 1 is 1.42 bits per heavy atom. The van der Waals surface area contributed by atoms with Gasteiger partial charge in [-0.25, -0.2) is 9.97 Å². The zero-order valence-electron chi connectivity index (χ0n) is 12.1. The summed E-state index contributed by atoms with van der Waals surface area (Å²) in [5, 5.41) is 3.12. The van der Waals surface area contributed by atoms with Gasteiger partial charge in [-0.3, -0.25) is 0 Å². The predicted molar refractivity (Wildman–Crippen MR) is 77.8 cm³/mol. The Hall–Kier alpha value is -1.36. The molecule has 1 aromatic rings. The van der Waals surface area contributed by atoms with Crippen molar-refractivity contribution in [3.05, 3.63) is 11.9 Å². The number of rotatable bonds is 8. The van der Waals surface area contributed by atoms with Crippen LogP contribution in [0.4, 0.5) is 11.6 Å². The van der Waals surface area contributed by atoms with E-state index in [1.165, 1.54) is 12.8 Å². The van der Waals surface area contributed by atoms with Crippen LogP contribution < -0.4 is 10.2 Å². The van der Waals surface area contributed by atoms with Gasteiger partial charge in [0.1, 0.15) is 18.0 Å². The summed E-state index contributed by atoms with van der Waals surface area (Å²) in [6.45, 7) is 4.66. The quantitative estimate of drug-likeness (QED) is 0.727. The lowest BCUT2D eigenvalue weighted by Gasteiger charge is -2.21. The maximum atomic E-state index is 5.68. The first kappa shape index (κ1) is 14.1. The van der Waals surface area contributed by atoms with Crippen LogP contribution in [0.1, 0.15) is 25.3 Å². The topological polar surface area (TPSA) is 50.3 Å². The van der Waals surface area contributed by atoms with Gasteiger partial charge in [0, 0.05) is 32.8 Å². The molecule has 0 saturated heterocycles. The average molecular weight is 264 g/mol. The smallest absolute Gasteiger partial charge is 0.137 e. The van der Waals surface area contributed by atoms with E-state index >= 15 is 0 Å². The van der Waals surface area contributed by atoms with Crippen molar-refractivity contribution >= 4 is 11.6 Å². The summed E-state index contributed by atoms with van der Waals surface area (Å²) >= 11 is 0. The maximum Gasteiger partial charge on any atom is 0.137 e. The number of ether oxygens (including phenoxy) is 1. The van der Waals surface area contributed by atoms with Crippen molar-refractivity contribution in [2.24, 2.45) is 5.92 Å². The first-order chi connectivity index (χ1) is 9.26. The van der Waals surface area contributed by atoms with Crippen molar-refractivity contribution < 1.29 is 4.74 Å². The van der Waals surface area contributed by atoms with Crippen molar-refractivity contribution in [3.63, 3.8) is 0 Å². The fourth-order valence-corrected chi connectivity index (χ4v) is 2.11. The van der Waals surface area contributed by atoms with Gasteiger partial charge in [0.05, 0.1) is 6.61 Å². The SMILES string of the molecule is CCc1c(NC)ncnc1N(C)CCOCC1CC1. The van der Waals surface area contributed by atoms with Crippen LogP contribution in [0.2, 0.25) is 0 Å². The average Bonchev–Trinajstić information content (AvgIpc) is 3.26. The highest BCUT2D eigenvalue weighted by Gasteiger charge is 2.21. The van der Waals surface area contributed by atoms with E-state index in [2.05, 4.69) is 34.2 Å². The zero-order valence-corrected chi connectivity index (χ0v) is 12.1. The van der Waals surface area contributed by atoms with Crippen molar-refractivity contribution in [3.8, 4) is 0 Å². The minimum absolute atomic E-state index is 0.759. The monoisotopic (exact) mass is 264 g/mol. The molecule has 5 heteroatoms. The van der Waals surface area contributed by atoms with E-state index in [0.717, 1.165) is 49.3 Å². The Balaban J connectivity index is 1.90. The number of nitrogens with one attached hydrogen (secondary N) is 1. The number of nitrogens with zero attached hydrogens (tertiary/aromatic N) is 3. The second-order valence-electron chi connectivity index (χ2n) is 5.07. The summed E-state index contributed by atoms with van der Waals surface area (Å²) < 4.78 is 5.68. The molecule has 2 rings (SSSR count). The van der Waals surface area contributed by atoms with Crippen molar-refractivity contribution in [2.75, 3.05) is 44.1 Å². The van der Waals surface area contributed by atoms with Gasteiger partial charge in [-0.1, -0.05) is 6.92 Å². The van der Waals surface area contributed by atoms with Crippen LogP contribution in [0.5, 0.6) is 0 Å². The minimum Gasteiger partial charge on any atom is -0.379 e. The number of aromatic nitrogens is 2. The molecule has 0 aromatic carbocycles. The van der Waals surface area contributed by atoms with Crippen molar-refractivity contribution in [2.45, 2.75) is 26.2 Å². The Morgan fingerprint density at radius 3 is 2.84 bits per heavy atom. The van der Waals surface area contributed by atoms with E-state index in [4.69, 9.17) is 4.74 Å². The fraction of sp³-hybridized carbons (Fsp3) is 0.714. The summed E-state index contributed by atoms with van der Waals surface area (Å²) in [5.41, 5.74) is 1.16. The summed E-state index contributed by atoms with van der Waals surface area (Å²) in [6.07, 6.45) is 5.21. The fourth-order valence-electron chi connectivity index (χ4n) is 2.11. The summed E-state index contributed by atoms with van der Waals surface area (Å²) in [5.74, 6) is 2.74. The van der Waals surface area contributed by atoms with Gasteiger partial charge in [-0.05, 0) is 25.2 Å². The second-order valence-corrected chi connectivity index (χ2v) is 5.07. The molecule has 5 nitrogen and oxygen atoms in total. The molecule has 1 aliphatic rings. The van der Waals surface area contributed by atoms with Crippen LogP contribution in [0.25, 0.3) is 0 Å². The molecule has 1 heterocycles. The van der Waals surface area contributed by atoms with Gasteiger partial charge in [0.15, 0.2) is 0 Å². The highest BCUT2D eigenvalue weighted by Crippen LogP contribution is 2.28. The molecule has 0 aliphatic heterocycles. The Morgan fingerprint density at radius 2 is 2.21 bits per heavy atom. The molecular weight excluding hydrogens is 240 g/mol. The van der Waals surface area contributed by atoms with E-state index in [0.29, 0.717) is 0 Å². The third kappa shape index (κ3) is 3.80. The molecule has 0 unspecified atom stereocenters. The third-order valence-electron chi connectivity index (χ3n) is 3.50. The van der Waals surface area contributed by atoms with Gasteiger partial charge in [0.2, 0.25) is 0 Å². The first-order valence-corrected chi connectivity index (χ1v) is 7.06. The van der Waals surface area contributed by atoms with Gasteiger partial charge < -0.3 is 15.0 Å². The minimum atomic E-state index is 0.759. The van der Waals surface area contributed by atoms with E-state index in [-0.39, 0.29) is 0 Å². The molecule has 1 fully saturated rings. The molecule has 0 amide bonds. The van der Waals surface area contributed by atoms with Crippen LogP contribution in [0, 0.1) is 5.92 Å². The number of likely N-dealkylation sites (N-methyl/N-ethyl adjacent to an activating group) is 1. The van der Waals surface area contributed by atoms with E-state index in [1.807, 2.05) is 7.05 Å². The third-order valence-corrected chi connectivity index (χ3v) is 3.50. The zero-order chi connectivity index (χ0) is 13.7. The van der Waals surface area contributed by atoms with Gasteiger partial charge >= 0.3 is 0 Å². The lowest BCUT2D eigenvalue weighted by molar-refractivity contribution is 0.130.